The highest BCUT2D eigenvalue weighted by Crippen LogP contribution is 2.24. The number of amides is 1. The minimum absolute atomic E-state index is 0.156. The average molecular weight is 405 g/mol. The lowest BCUT2D eigenvalue weighted by atomic mass is 10.3. The van der Waals surface area contributed by atoms with E-state index in [0.29, 0.717) is 16.8 Å². The van der Waals surface area contributed by atoms with Crippen LogP contribution in [-0.2, 0) is 11.3 Å². The van der Waals surface area contributed by atoms with E-state index in [1.54, 1.807) is 0 Å². The number of hydrogen-bond acceptors (Lipinski definition) is 8. The van der Waals surface area contributed by atoms with Crippen LogP contribution in [0.25, 0.3) is 0 Å². The van der Waals surface area contributed by atoms with Crippen LogP contribution in [0.1, 0.15) is 30.8 Å². The van der Waals surface area contributed by atoms with Gasteiger partial charge in [-0.2, -0.15) is 0 Å². The second-order valence-electron chi connectivity index (χ2n) is 5.62. The summed E-state index contributed by atoms with van der Waals surface area (Å²) < 4.78 is 7.90. The van der Waals surface area contributed by atoms with Crippen molar-refractivity contribution in [2.24, 2.45) is 0 Å². The molecule has 0 radical (unpaired) electrons. The van der Waals surface area contributed by atoms with E-state index in [9.17, 15) is 4.79 Å². The van der Waals surface area contributed by atoms with Crippen molar-refractivity contribution in [2.45, 2.75) is 38.6 Å². The molecule has 0 aliphatic rings. The lowest BCUT2D eigenvalue weighted by Gasteiger charge is -2.15. The highest BCUT2D eigenvalue weighted by molar-refractivity contribution is 7.99. The number of rotatable bonds is 8. The van der Waals surface area contributed by atoms with Gasteiger partial charge in [-0.1, -0.05) is 41.3 Å². The maximum absolute atomic E-state index is 12.1. The summed E-state index contributed by atoms with van der Waals surface area (Å²) in [6.07, 6.45) is -0.257. The number of anilines is 1. The molecule has 3 aromatic rings. The van der Waals surface area contributed by atoms with Gasteiger partial charge in [0, 0.05) is 6.54 Å². The van der Waals surface area contributed by atoms with Crippen molar-refractivity contribution in [1.82, 2.24) is 25.0 Å². The highest BCUT2D eigenvalue weighted by Gasteiger charge is 2.19. The third-order valence-corrected chi connectivity index (χ3v) is 5.31. The van der Waals surface area contributed by atoms with E-state index in [0.717, 1.165) is 16.6 Å². The molecule has 0 aliphatic carbocycles. The van der Waals surface area contributed by atoms with Gasteiger partial charge in [0.15, 0.2) is 17.1 Å². The lowest BCUT2D eigenvalue weighted by molar-refractivity contribution is -0.113. The first kappa shape index (κ1) is 19.3. The molecule has 0 fully saturated rings. The Bertz CT molecular complexity index is 896. The number of ether oxygens (including phenoxy) is 1. The molecule has 0 spiro atoms. The number of carbonyl (C=O) groups excluding carboxylic acids is 1. The summed E-state index contributed by atoms with van der Waals surface area (Å²) in [5.74, 6) is 1.56. The Morgan fingerprint density at radius 1 is 1.26 bits per heavy atom. The van der Waals surface area contributed by atoms with Crippen LogP contribution in [0.3, 0.4) is 0 Å². The number of aromatic nitrogens is 5. The van der Waals surface area contributed by atoms with E-state index in [4.69, 9.17) is 4.74 Å². The molecule has 10 heteroatoms. The first-order valence-electron chi connectivity index (χ1n) is 8.44. The molecule has 1 aromatic carbocycles. The largest absolute Gasteiger partial charge is 0.483 e. The van der Waals surface area contributed by atoms with Crippen molar-refractivity contribution in [3.05, 3.63) is 41.2 Å². The summed E-state index contributed by atoms with van der Waals surface area (Å²) >= 11 is 2.67. The van der Waals surface area contributed by atoms with Gasteiger partial charge in [0.2, 0.25) is 11.0 Å². The predicted molar refractivity (Wildman–Crippen MR) is 105 cm³/mol. The summed E-state index contributed by atoms with van der Waals surface area (Å²) in [6.45, 7) is 6.47. The molecule has 27 heavy (non-hydrogen) atoms. The van der Waals surface area contributed by atoms with Crippen molar-refractivity contribution in [1.29, 1.82) is 0 Å². The van der Waals surface area contributed by atoms with Crippen molar-refractivity contribution in [3.63, 3.8) is 0 Å². The molecule has 1 amide bonds. The fraction of sp³-hybridized carbons (Fsp3) is 0.353. The van der Waals surface area contributed by atoms with Gasteiger partial charge in [0.1, 0.15) is 10.8 Å². The van der Waals surface area contributed by atoms with Gasteiger partial charge in [-0.25, -0.2) is 0 Å². The van der Waals surface area contributed by atoms with Crippen LogP contribution in [0.2, 0.25) is 0 Å². The molecular weight excluding hydrogens is 384 g/mol. The van der Waals surface area contributed by atoms with Gasteiger partial charge < -0.3 is 9.30 Å². The molecule has 1 N–H and O–H groups in total. The van der Waals surface area contributed by atoms with E-state index < -0.39 is 0 Å². The molecule has 0 saturated carbocycles. The first-order valence-corrected chi connectivity index (χ1v) is 10.2. The van der Waals surface area contributed by atoms with Crippen molar-refractivity contribution in [2.75, 3.05) is 11.1 Å². The van der Waals surface area contributed by atoms with E-state index >= 15 is 0 Å². The van der Waals surface area contributed by atoms with Crippen LogP contribution in [0.4, 0.5) is 5.13 Å². The van der Waals surface area contributed by atoms with Gasteiger partial charge in [0.25, 0.3) is 0 Å². The van der Waals surface area contributed by atoms with Gasteiger partial charge in [-0.15, -0.1) is 20.4 Å². The molecule has 8 nitrogen and oxygen atoms in total. The highest BCUT2D eigenvalue weighted by atomic mass is 32.2. The lowest BCUT2D eigenvalue weighted by Crippen LogP contribution is -2.15. The third kappa shape index (κ3) is 5.04. The maximum Gasteiger partial charge on any atom is 0.236 e. The number of thioether (sulfide) groups is 1. The van der Waals surface area contributed by atoms with Crippen LogP contribution in [-0.4, -0.2) is 36.6 Å². The number of carbonyl (C=O) groups is 1. The van der Waals surface area contributed by atoms with Gasteiger partial charge in [-0.05, 0) is 32.9 Å². The molecule has 2 aromatic heterocycles. The predicted octanol–water partition coefficient (Wildman–Crippen LogP) is 3.33. The minimum Gasteiger partial charge on any atom is -0.483 e. The molecule has 1 atom stereocenters. The van der Waals surface area contributed by atoms with Crippen LogP contribution in [0.15, 0.2) is 35.5 Å². The SMILES string of the molecule is CCn1c(SCC(=O)Nc2nnc(C)s2)nnc1[C@H](C)Oc1ccccc1. The van der Waals surface area contributed by atoms with E-state index in [1.807, 2.05) is 55.7 Å². The smallest absolute Gasteiger partial charge is 0.236 e. The molecule has 0 unspecified atom stereocenters. The Morgan fingerprint density at radius 3 is 2.70 bits per heavy atom. The van der Waals surface area contributed by atoms with Crippen LogP contribution < -0.4 is 10.1 Å². The quantitative estimate of drug-likeness (QED) is 0.575. The summed E-state index contributed by atoms with van der Waals surface area (Å²) in [7, 11) is 0. The molecule has 142 valence electrons. The molecular formula is C17H20N6O2S2. The topological polar surface area (TPSA) is 94.8 Å². The standard InChI is InChI=1S/C17H20N6O2S2/c1-4-23-15(11(2)25-13-8-6-5-7-9-13)20-22-17(23)26-10-14(24)18-16-21-19-12(3)27-16/h5-9,11H,4,10H2,1-3H3,(H,18,21,24)/t11-/m0/s1. The Labute approximate surface area is 165 Å². The first-order chi connectivity index (χ1) is 13.1. The van der Waals surface area contributed by atoms with E-state index in [-0.39, 0.29) is 17.8 Å². The second-order valence-corrected chi connectivity index (χ2v) is 7.75. The third-order valence-electron chi connectivity index (χ3n) is 3.59. The Morgan fingerprint density at radius 2 is 2.04 bits per heavy atom. The summed E-state index contributed by atoms with van der Waals surface area (Å²) in [5, 5.41) is 21.0. The van der Waals surface area contributed by atoms with Crippen molar-refractivity contribution in [3.8, 4) is 5.75 Å². The molecule has 0 bridgehead atoms. The summed E-state index contributed by atoms with van der Waals surface area (Å²) in [4.78, 5) is 12.1. The number of hydrogen-bond donors (Lipinski definition) is 1. The van der Waals surface area contributed by atoms with Gasteiger partial charge in [-0.3, -0.25) is 10.1 Å². The van der Waals surface area contributed by atoms with Crippen LogP contribution >= 0.6 is 23.1 Å². The molecule has 2 heterocycles. The second kappa shape index (κ2) is 8.96. The van der Waals surface area contributed by atoms with Crippen molar-refractivity contribution >= 4 is 34.1 Å². The van der Waals surface area contributed by atoms with Gasteiger partial charge >= 0.3 is 0 Å². The number of benzene rings is 1. The molecule has 0 aliphatic heterocycles. The molecule has 0 saturated heterocycles. The number of nitrogens with one attached hydrogen (secondary N) is 1. The van der Waals surface area contributed by atoms with Crippen LogP contribution in [0, 0.1) is 6.92 Å². The summed E-state index contributed by atoms with van der Waals surface area (Å²) in [6, 6.07) is 9.59. The monoisotopic (exact) mass is 404 g/mol. The fourth-order valence-electron chi connectivity index (χ4n) is 2.39. The maximum atomic E-state index is 12.1. The zero-order valence-corrected chi connectivity index (χ0v) is 16.9. The average Bonchev–Trinajstić information content (AvgIpc) is 3.26. The van der Waals surface area contributed by atoms with Crippen molar-refractivity contribution < 1.29 is 9.53 Å². The number of aryl methyl sites for hydroxylation is 1. The summed E-state index contributed by atoms with van der Waals surface area (Å²) in [5.41, 5.74) is 0. The Hall–Kier alpha value is -2.46. The zero-order valence-electron chi connectivity index (χ0n) is 15.2. The van der Waals surface area contributed by atoms with E-state index in [1.165, 1.54) is 23.1 Å². The fourth-order valence-corrected chi connectivity index (χ4v) is 3.81. The van der Waals surface area contributed by atoms with Crippen LogP contribution in [0.5, 0.6) is 5.75 Å². The molecule has 3 rings (SSSR count). The minimum atomic E-state index is -0.257. The Balaban J connectivity index is 1.62. The number of para-hydroxylation sites is 1. The number of nitrogens with zero attached hydrogens (tertiary/aromatic N) is 5. The Kier molecular flexibility index (Phi) is 6.40. The van der Waals surface area contributed by atoms with E-state index in [2.05, 4.69) is 25.7 Å². The van der Waals surface area contributed by atoms with Gasteiger partial charge in [0.05, 0.1) is 5.75 Å². The normalized spacial score (nSPS) is 12.0. The zero-order chi connectivity index (χ0) is 19.2.